The average Bonchev–Trinajstić information content (AvgIpc) is 2.34. The lowest BCUT2D eigenvalue weighted by Crippen LogP contribution is -1.94. The Labute approximate surface area is 66.5 Å². The Hall–Kier alpha value is -0.830. The summed E-state index contributed by atoms with van der Waals surface area (Å²) < 4.78 is 0. The summed E-state index contributed by atoms with van der Waals surface area (Å²) in [5, 5.41) is 8.69. The molecule has 1 aromatic heterocycles. The molecular weight excluding hydrogens is 140 g/mol. The van der Waals surface area contributed by atoms with Crippen LogP contribution in [0, 0.1) is 5.92 Å². The van der Waals surface area contributed by atoms with E-state index in [9.17, 15) is 0 Å². The SMILES string of the molecule is CC(C)Cc1cnc(CO)[nH]1. The summed E-state index contributed by atoms with van der Waals surface area (Å²) in [6.45, 7) is 4.30. The molecule has 0 spiro atoms. The number of hydrogen-bond acceptors (Lipinski definition) is 2. The zero-order valence-corrected chi connectivity index (χ0v) is 6.96. The molecule has 1 rings (SSSR count). The van der Waals surface area contributed by atoms with Gasteiger partial charge in [0.05, 0.1) is 0 Å². The van der Waals surface area contributed by atoms with Crippen molar-refractivity contribution in [3.05, 3.63) is 17.7 Å². The van der Waals surface area contributed by atoms with E-state index in [-0.39, 0.29) is 6.61 Å². The lowest BCUT2D eigenvalue weighted by molar-refractivity contribution is 0.272. The molecule has 11 heavy (non-hydrogen) atoms. The number of aromatic nitrogens is 2. The summed E-state index contributed by atoms with van der Waals surface area (Å²) in [6, 6.07) is 0. The van der Waals surface area contributed by atoms with Gasteiger partial charge in [0.25, 0.3) is 0 Å². The first-order valence-electron chi connectivity index (χ1n) is 3.86. The van der Waals surface area contributed by atoms with Gasteiger partial charge in [-0.25, -0.2) is 4.98 Å². The molecule has 0 saturated heterocycles. The predicted molar refractivity (Wildman–Crippen MR) is 43.1 cm³/mol. The highest BCUT2D eigenvalue weighted by molar-refractivity contribution is 5.00. The molecule has 0 atom stereocenters. The van der Waals surface area contributed by atoms with Crippen molar-refractivity contribution < 1.29 is 5.11 Å². The number of nitrogens with zero attached hydrogens (tertiary/aromatic N) is 1. The quantitative estimate of drug-likeness (QED) is 0.685. The monoisotopic (exact) mass is 154 g/mol. The minimum Gasteiger partial charge on any atom is -0.388 e. The largest absolute Gasteiger partial charge is 0.388 e. The minimum absolute atomic E-state index is 0.00189. The molecule has 0 aliphatic heterocycles. The minimum atomic E-state index is -0.00189. The lowest BCUT2D eigenvalue weighted by atomic mass is 10.1. The molecule has 0 fully saturated rings. The Balaban J connectivity index is 2.58. The van der Waals surface area contributed by atoms with Crippen LogP contribution in [0.1, 0.15) is 25.4 Å². The molecule has 3 heteroatoms. The summed E-state index contributed by atoms with van der Waals surface area (Å²) >= 11 is 0. The van der Waals surface area contributed by atoms with E-state index in [0.717, 1.165) is 12.1 Å². The second-order valence-corrected chi connectivity index (χ2v) is 3.11. The molecule has 2 N–H and O–H groups in total. The van der Waals surface area contributed by atoms with E-state index in [0.29, 0.717) is 11.7 Å². The van der Waals surface area contributed by atoms with Gasteiger partial charge in [-0.05, 0) is 12.3 Å². The number of H-pyrrole nitrogens is 1. The maximum atomic E-state index is 8.69. The third kappa shape index (κ3) is 2.35. The maximum Gasteiger partial charge on any atom is 0.132 e. The van der Waals surface area contributed by atoms with Crippen LogP contribution in [0.5, 0.6) is 0 Å². The molecule has 0 saturated carbocycles. The molecule has 0 aliphatic rings. The van der Waals surface area contributed by atoms with E-state index in [4.69, 9.17) is 5.11 Å². The summed E-state index contributed by atoms with van der Waals surface area (Å²) in [7, 11) is 0. The Kier molecular flexibility index (Phi) is 2.65. The number of imidazole rings is 1. The van der Waals surface area contributed by atoms with E-state index in [2.05, 4.69) is 23.8 Å². The Morgan fingerprint density at radius 2 is 2.36 bits per heavy atom. The van der Waals surface area contributed by atoms with Crippen molar-refractivity contribution in [2.75, 3.05) is 0 Å². The summed E-state index contributed by atoms with van der Waals surface area (Å²) in [4.78, 5) is 7.02. The van der Waals surface area contributed by atoms with Gasteiger partial charge in [0.2, 0.25) is 0 Å². The average molecular weight is 154 g/mol. The van der Waals surface area contributed by atoms with Gasteiger partial charge >= 0.3 is 0 Å². The van der Waals surface area contributed by atoms with Crippen molar-refractivity contribution in [2.24, 2.45) is 5.92 Å². The van der Waals surface area contributed by atoms with Crippen molar-refractivity contribution >= 4 is 0 Å². The number of hydrogen-bond donors (Lipinski definition) is 2. The van der Waals surface area contributed by atoms with Crippen LogP contribution < -0.4 is 0 Å². The van der Waals surface area contributed by atoms with Gasteiger partial charge in [-0.15, -0.1) is 0 Å². The normalized spacial score (nSPS) is 10.9. The van der Waals surface area contributed by atoms with Gasteiger partial charge < -0.3 is 10.1 Å². The van der Waals surface area contributed by atoms with E-state index in [1.807, 2.05) is 0 Å². The van der Waals surface area contributed by atoms with Crippen LogP contribution in [-0.2, 0) is 13.0 Å². The Bertz CT molecular complexity index is 218. The first-order chi connectivity index (χ1) is 5.22. The van der Waals surface area contributed by atoms with Gasteiger partial charge in [-0.1, -0.05) is 13.8 Å². The fraction of sp³-hybridized carbons (Fsp3) is 0.625. The van der Waals surface area contributed by atoms with Gasteiger partial charge in [-0.2, -0.15) is 0 Å². The highest BCUT2D eigenvalue weighted by Crippen LogP contribution is 2.04. The van der Waals surface area contributed by atoms with Crippen LogP contribution in [-0.4, -0.2) is 15.1 Å². The van der Waals surface area contributed by atoms with E-state index in [1.165, 1.54) is 0 Å². The van der Waals surface area contributed by atoms with Crippen molar-refractivity contribution in [3.8, 4) is 0 Å². The van der Waals surface area contributed by atoms with Crippen LogP contribution in [0.25, 0.3) is 0 Å². The van der Waals surface area contributed by atoms with E-state index >= 15 is 0 Å². The molecule has 62 valence electrons. The molecule has 0 radical (unpaired) electrons. The van der Waals surface area contributed by atoms with Crippen LogP contribution >= 0.6 is 0 Å². The molecule has 0 unspecified atom stereocenters. The first-order valence-corrected chi connectivity index (χ1v) is 3.86. The standard InChI is InChI=1S/C8H14N2O/c1-6(2)3-7-4-9-8(5-11)10-7/h4,6,11H,3,5H2,1-2H3,(H,9,10). The number of nitrogens with one attached hydrogen (secondary N) is 1. The van der Waals surface area contributed by atoms with Crippen molar-refractivity contribution in [3.63, 3.8) is 0 Å². The number of aromatic amines is 1. The second-order valence-electron chi connectivity index (χ2n) is 3.11. The first kappa shape index (κ1) is 8.27. The third-order valence-electron chi connectivity index (χ3n) is 1.46. The number of rotatable bonds is 3. The molecule has 0 amide bonds. The van der Waals surface area contributed by atoms with Gasteiger partial charge in [0, 0.05) is 11.9 Å². The van der Waals surface area contributed by atoms with Crippen LogP contribution in [0.2, 0.25) is 0 Å². The van der Waals surface area contributed by atoms with Crippen molar-refractivity contribution in [1.82, 2.24) is 9.97 Å². The van der Waals surface area contributed by atoms with Crippen LogP contribution in [0.15, 0.2) is 6.20 Å². The zero-order valence-electron chi connectivity index (χ0n) is 6.96. The number of aliphatic hydroxyl groups excluding tert-OH is 1. The van der Waals surface area contributed by atoms with Crippen molar-refractivity contribution in [1.29, 1.82) is 0 Å². The molecule has 0 aliphatic carbocycles. The highest BCUT2D eigenvalue weighted by Gasteiger charge is 2.00. The summed E-state index contributed by atoms with van der Waals surface area (Å²) in [5.41, 5.74) is 1.10. The second kappa shape index (κ2) is 3.53. The maximum absolute atomic E-state index is 8.69. The lowest BCUT2D eigenvalue weighted by Gasteiger charge is -1.99. The van der Waals surface area contributed by atoms with Gasteiger partial charge in [-0.3, -0.25) is 0 Å². The van der Waals surface area contributed by atoms with E-state index in [1.54, 1.807) is 6.20 Å². The summed E-state index contributed by atoms with van der Waals surface area (Å²) in [5.74, 6) is 1.28. The summed E-state index contributed by atoms with van der Waals surface area (Å²) in [6.07, 6.45) is 2.78. The topological polar surface area (TPSA) is 48.9 Å². The third-order valence-corrected chi connectivity index (χ3v) is 1.46. The molecule has 3 nitrogen and oxygen atoms in total. The smallest absolute Gasteiger partial charge is 0.132 e. The fourth-order valence-corrected chi connectivity index (χ4v) is 1.03. The number of aliphatic hydroxyl groups is 1. The van der Waals surface area contributed by atoms with Crippen LogP contribution in [0.3, 0.4) is 0 Å². The predicted octanol–water partition coefficient (Wildman–Crippen LogP) is 1.10. The molecular formula is C8H14N2O. The Morgan fingerprint density at radius 1 is 1.64 bits per heavy atom. The van der Waals surface area contributed by atoms with Crippen LogP contribution in [0.4, 0.5) is 0 Å². The fourth-order valence-electron chi connectivity index (χ4n) is 1.03. The highest BCUT2D eigenvalue weighted by atomic mass is 16.3. The molecule has 1 aromatic rings. The molecule has 1 heterocycles. The van der Waals surface area contributed by atoms with Crippen molar-refractivity contribution in [2.45, 2.75) is 26.9 Å². The Morgan fingerprint density at radius 3 is 2.82 bits per heavy atom. The van der Waals surface area contributed by atoms with Gasteiger partial charge in [0.1, 0.15) is 12.4 Å². The molecule has 0 bridgehead atoms. The zero-order chi connectivity index (χ0) is 8.27. The molecule has 0 aromatic carbocycles. The van der Waals surface area contributed by atoms with Gasteiger partial charge in [0.15, 0.2) is 0 Å². The van der Waals surface area contributed by atoms with E-state index < -0.39 is 0 Å².